The second-order valence-electron chi connectivity index (χ2n) is 6.66. The summed E-state index contributed by atoms with van der Waals surface area (Å²) in [6.07, 6.45) is -0.0403. The minimum absolute atomic E-state index is 0.00762. The minimum atomic E-state index is -2.46. The lowest BCUT2D eigenvalue weighted by Crippen LogP contribution is -2.28. The van der Waals surface area contributed by atoms with Gasteiger partial charge in [0.25, 0.3) is 12.3 Å². The number of pyridine rings is 1. The largest absolute Gasteiger partial charge is 0.366 e. The average molecular weight is 379 g/mol. The van der Waals surface area contributed by atoms with Crippen LogP contribution in [0.4, 0.5) is 20.3 Å². The summed E-state index contributed by atoms with van der Waals surface area (Å²) in [5, 5.41) is 3.14. The number of hydrogen-bond acceptors (Lipinski definition) is 3. The number of halogens is 2. The molecule has 2 aromatic carbocycles. The van der Waals surface area contributed by atoms with Crippen LogP contribution < -0.4 is 10.2 Å². The van der Waals surface area contributed by atoms with E-state index in [0.29, 0.717) is 24.5 Å². The molecule has 0 spiro atoms. The lowest BCUT2D eigenvalue weighted by molar-refractivity contribution is 0.0989. The van der Waals surface area contributed by atoms with Gasteiger partial charge in [-0.25, -0.2) is 13.8 Å². The van der Waals surface area contributed by atoms with Crippen molar-refractivity contribution in [2.45, 2.75) is 19.4 Å². The number of carbonyl (C=O) groups is 1. The summed E-state index contributed by atoms with van der Waals surface area (Å²) in [6, 6.07) is 17.6. The van der Waals surface area contributed by atoms with Crippen molar-refractivity contribution in [1.82, 2.24) is 4.98 Å². The Morgan fingerprint density at radius 3 is 2.57 bits per heavy atom. The second kappa shape index (κ2) is 7.76. The molecule has 6 heteroatoms. The highest BCUT2D eigenvalue weighted by molar-refractivity contribution is 6.07. The Morgan fingerprint density at radius 2 is 1.86 bits per heavy atom. The zero-order valence-corrected chi connectivity index (χ0v) is 15.1. The normalized spacial score (nSPS) is 12.9. The van der Waals surface area contributed by atoms with Gasteiger partial charge in [0.15, 0.2) is 0 Å². The first kappa shape index (κ1) is 18.1. The molecule has 0 saturated carbocycles. The number of amides is 1. The number of rotatable bonds is 5. The summed E-state index contributed by atoms with van der Waals surface area (Å²) < 4.78 is 25.2. The van der Waals surface area contributed by atoms with Gasteiger partial charge < -0.3 is 10.2 Å². The molecule has 0 aliphatic carbocycles. The molecule has 142 valence electrons. The SMILES string of the molecule is O=C(c1ccc(NCc2ccc(C(F)F)cc2)nc1)N1CCc2ccccc21. The second-order valence-corrected chi connectivity index (χ2v) is 6.66. The van der Waals surface area contributed by atoms with Crippen molar-refractivity contribution in [2.75, 3.05) is 16.8 Å². The van der Waals surface area contributed by atoms with Crippen LogP contribution in [0.25, 0.3) is 0 Å². The first-order valence-corrected chi connectivity index (χ1v) is 9.08. The number of benzene rings is 2. The third-order valence-electron chi connectivity index (χ3n) is 4.85. The molecule has 1 aromatic heterocycles. The number of aromatic nitrogens is 1. The van der Waals surface area contributed by atoms with E-state index in [9.17, 15) is 13.6 Å². The molecule has 1 aliphatic rings. The Balaban J connectivity index is 1.39. The molecule has 28 heavy (non-hydrogen) atoms. The topological polar surface area (TPSA) is 45.2 Å². The first-order chi connectivity index (χ1) is 13.6. The number of hydrogen-bond donors (Lipinski definition) is 1. The van der Waals surface area contributed by atoms with Crippen LogP contribution in [-0.2, 0) is 13.0 Å². The number of anilines is 2. The lowest BCUT2D eigenvalue weighted by atomic mass is 10.1. The van der Waals surface area contributed by atoms with Crippen molar-refractivity contribution in [1.29, 1.82) is 0 Å². The van der Waals surface area contributed by atoms with Gasteiger partial charge in [-0.1, -0.05) is 42.5 Å². The predicted octanol–water partition coefficient (Wildman–Crippen LogP) is 4.83. The monoisotopic (exact) mass is 379 g/mol. The minimum Gasteiger partial charge on any atom is -0.366 e. The highest BCUT2D eigenvalue weighted by atomic mass is 19.3. The Labute approximate surface area is 161 Å². The van der Waals surface area contributed by atoms with E-state index >= 15 is 0 Å². The molecular formula is C22H19F2N3O. The van der Waals surface area contributed by atoms with Crippen LogP contribution in [-0.4, -0.2) is 17.4 Å². The standard InChI is InChI=1S/C22H19F2N3O/c23-21(24)17-7-5-15(6-8-17)13-25-20-10-9-18(14-26-20)22(28)27-12-11-16-3-1-2-4-19(16)27/h1-10,14,21H,11-13H2,(H,25,26). The summed E-state index contributed by atoms with van der Waals surface area (Å²) in [4.78, 5) is 18.9. The van der Waals surface area contributed by atoms with Gasteiger partial charge in [0.1, 0.15) is 5.82 Å². The summed E-state index contributed by atoms with van der Waals surface area (Å²) in [6.45, 7) is 1.14. The van der Waals surface area contributed by atoms with Gasteiger partial charge in [0, 0.05) is 30.5 Å². The number of alkyl halides is 2. The molecule has 0 radical (unpaired) electrons. The molecule has 1 N–H and O–H groups in total. The van der Waals surface area contributed by atoms with Crippen LogP contribution in [0.5, 0.6) is 0 Å². The van der Waals surface area contributed by atoms with Crippen LogP contribution in [0.2, 0.25) is 0 Å². The molecule has 0 unspecified atom stereocenters. The number of para-hydroxylation sites is 1. The summed E-state index contributed by atoms with van der Waals surface area (Å²) >= 11 is 0. The Kier molecular flexibility index (Phi) is 5.02. The van der Waals surface area contributed by atoms with Crippen molar-refractivity contribution >= 4 is 17.4 Å². The fraction of sp³-hybridized carbons (Fsp3) is 0.182. The van der Waals surface area contributed by atoms with E-state index in [1.807, 2.05) is 24.3 Å². The van der Waals surface area contributed by atoms with Crippen molar-refractivity contribution in [3.8, 4) is 0 Å². The molecule has 0 atom stereocenters. The molecule has 0 bridgehead atoms. The summed E-state index contributed by atoms with van der Waals surface area (Å²) in [7, 11) is 0. The maximum Gasteiger partial charge on any atom is 0.263 e. The predicted molar refractivity (Wildman–Crippen MR) is 105 cm³/mol. The van der Waals surface area contributed by atoms with E-state index in [-0.39, 0.29) is 11.5 Å². The highest BCUT2D eigenvalue weighted by Gasteiger charge is 2.25. The number of nitrogens with zero attached hydrogens (tertiary/aromatic N) is 2. The zero-order chi connectivity index (χ0) is 19.5. The zero-order valence-electron chi connectivity index (χ0n) is 15.1. The smallest absolute Gasteiger partial charge is 0.263 e. The lowest BCUT2D eigenvalue weighted by Gasteiger charge is -2.17. The maximum absolute atomic E-state index is 12.8. The molecule has 3 aromatic rings. The van der Waals surface area contributed by atoms with Gasteiger partial charge in [-0.05, 0) is 35.7 Å². The van der Waals surface area contributed by atoms with Crippen LogP contribution in [0, 0.1) is 0 Å². The molecule has 4 rings (SSSR count). The fourth-order valence-corrected chi connectivity index (χ4v) is 3.30. The van der Waals surface area contributed by atoms with E-state index in [2.05, 4.69) is 10.3 Å². The first-order valence-electron chi connectivity index (χ1n) is 9.08. The maximum atomic E-state index is 12.8. The van der Waals surface area contributed by atoms with Gasteiger partial charge in [-0.15, -0.1) is 0 Å². The molecule has 1 amide bonds. The van der Waals surface area contributed by atoms with Crippen molar-refractivity contribution in [3.63, 3.8) is 0 Å². The quantitative estimate of drug-likeness (QED) is 0.690. The Hall–Kier alpha value is -3.28. The van der Waals surface area contributed by atoms with E-state index in [1.165, 1.54) is 17.7 Å². The van der Waals surface area contributed by atoms with Crippen LogP contribution in [0.1, 0.15) is 33.5 Å². The van der Waals surface area contributed by atoms with Crippen molar-refractivity contribution in [3.05, 3.63) is 89.1 Å². The van der Waals surface area contributed by atoms with E-state index in [0.717, 1.165) is 17.7 Å². The van der Waals surface area contributed by atoms with E-state index in [1.54, 1.807) is 35.4 Å². The molecule has 4 nitrogen and oxygen atoms in total. The third-order valence-corrected chi connectivity index (χ3v) is 4.85. The van der Waals surface area contributed by atoms with Crippen molar-refractivity contribution < 1.29 is 13.6 Å². The summed E-state index contributed by atoms with van der Waals surface area (Å²) in [5.74, 6) is 0.558. The number of carbonyl (C=O) groups excluding carboxylic acids is 1. The van der Waals surface area contributed by atoms with Gasteiger partial charge in [-0.2, -0.15) is 0 Å². The average Bonchev–Trinajstić information content (AvgIpc) is 3.16. The highest BCUT2D eigenvalue weighted by Crippen LogP contribution is 2.28. The van der Waals surface area contributed by atoms with Crippen LogP contribution in [0.15, 0.2) is 66.9 Å². The molecule has 0 saturated heterocycles. The Morgan fingerprint density at radius 1 is 1.07 bits per heavy atom. The number of fused-ring (bicyclic) bond motifs is 1. The summed E-state index contributed by atoms with van der Waals surface area (Å²) in [5.41, 5.74) is 3.55. The van der Waals surface area contributed by atoms with Crippen LogP contribution >= 0.6 is 0 Å². The van der Waals surface area contributed by atoms with E-state index in [4.69, 9.17) is 0 Å². The van der Waals surface area contributed by atoms with Crippen LogP contribution in [0.3, 0.4) is 0 Å². The molecule has 2 heterocycles. The third kappa shape index (κ3) is 3.71. The number of nitrogens with one attached hydrogen (secondary N) is 1. The Bertz CT molecular complexity index is 972. The van der Waals surface area contributed by atoms with Gasteiger partial charge in [0.2, 0.25) is 0 Å². The molecule has 0 fully saturated rings. The molecular weight excluding hydrogens is 360 g/mol. The van der Waals surface area contributed by atoms with Gasteiger partial charge >= 0.3 is 0 Å². The fourth-order valence-electron chi connectivity index (χ4n) is 3.30. The van der Waals surface area contributed by atoms with Gasteiger partial charge in [0.05, 0.1) is 5.56 Å². The van der Waals surface area contributed by atoms with E-state index < -0.39 is 6.43 Å². The van der Waals surface area contributed by atoms with Crippen molar-refractivity contribution in [2.24, 2.45) is 0 Å². The van der Waals surface area contributed by atoms with Gasteiger partial charge in [-0.3, -0.25) is 4.79 Å². The molecule has 1 aliphatic heterocycles.